The molecule has 0 aliphatic carbocycles. The average molecular weight is 339 g/mol. The molecule has 8 heteroatoms. The Kier molecular flexibility index (Phi) is 4.89. The summed E-state index contributed by atoms with van der Waals surface area (Å²) in [5.41, 5.74) is 1.31. The van der Waals surface area contributed by atoms with Crippen LogP contribution in [0.5, 0.6) is 5.75 Å². The van der Waals surface area contributed by atoms with Crippen molar-refractivity contribution in [1.29, 1.82) is 0 Å². The van der Waals surface area contributed by atoms with Gasteiger partial charge in [0.1, 0.15) is 11.5 Å². The monoisotopic (exact) mass is 339 g/mol. The fourth-order valence-corrected chi connectivity index (χ4v) is 2.17. The van der Waals surface area contributed by atoms with E-state index < -0.39 is 0 Å². The van der Waals surface area contributed by atoms with Gasteiger partial charge in [-0.05, 0) is 13.0 Å². The molecule has 0 unspecified atom stereocenters. The molecule has 0 fully saturated rings. The summed E-state index contributed by atoms with van der Waals surface area (Å²) in [6, 6.07) is 9.30. The topological polar surface area (TPSA) is 102 Å². The van der Waals surface area contributed by atoms with Gasteiger partial charge in [0.15, 0.2) is 5.82 Å². The highest BCUT2D eigenvalue weighted by Crippen LogP contribution is 2.18. The van der Waals surface area contributed by atoms with E-state index in [4.69, 9.17) is 9.26 Å². The van der Waals surface area contributed by atoms with E-state index in [9.17, 15) is 4.79 Å². The molecule has 0 atom stereocenters. The zero-order chi connectivity index (χ0) is 17.6. The Hall–Kier alpha value is -3.42. The minimum absolute atomic E-state index is 0.323. The van der Waals surface area contributed by atoms with E-state index in [0.29, 0.717) is 29.6 Å². The van der Waals surface area contributed by atoms with Crippen LogP contribution in [-0.4, -0.2) is 28.1 Å². The number of ether oxygens (including phenoxy) is 1. The number of hydrogen-bond donors (Lipinski definition) is 2. The van der Waals surface area contributed by atoms with Gasteiger partial charge in [0, 0.05) is 30.6 Å². The van der Waals surface area contributed by atoms with Crippen molar-refractivity contribution in [1.82, 2.24) is 15.1 Å². The first-order chi connectivity index (χ1) is 12.2. The number of anilines is 2. The van der Waals surface area contributed by atoms with Gasteiger partial charge in [-0.2, -0.15) is 0 Å². The number of hydrogen-bond acceptors (Lipinski definition) is 7. The van der Waals surface area contributed by atoms with Crippen LogP contribution >= 0.6 is 0 Å². The smallest absolute Gasteiger partial charge is 0.260 e. The SMILES string of the molecule is COc1ccccc1CNc1ncc(C(=O)Nc2cc(C)on2)cn1. The molecule has 2 aromatic heterocycles. The highest BCUT2D eigenvalue weighted by molar-refractivity contribution is 6.03. The fraction of sp³-hybridized carbons (Fsp3) is 0.176. The Morgan fingerprint density at radius 2 is 2.00 bits per heavy atom. The van der Waals surface area contributed by atoms with Crippen LogP contribution in [0.3, 0.4) is 0 Å². The first kappa shape index (κ1) is 16.4. The maximum Gasteiger partial charge on any atom is 0.260 e. The van der Waals surface area contributed by atoms with Gasteiger partial charge in [0.2, 0.25) is 5.95 Å². The van der Waals surface area contributed by atoms with E-state index in [1.165, 1.54) is 12.4 Å². The number of benzene rings is 1. The number of para-hydroxylation sites is 1. The highest BCUT2D eigenvalue weighted by Gasteiger charge is 2.10. The van der Waals surface area contributed by atoms with E-state index in [-0.39, 0.29) is 5.91 Å². The quantitative estimate of drug-likeness (QED) is 0.711. The summed E-state index contributed by atoms with van der Waals surface area (Å²) < 4.78 is 10.2. The third-order valence-electron chi connectivity index (χ3n) is 3.41. The van der Waals surface area contributed by atoms with Gasteiger partial charge >= 0.3 is 0 Å². The number of carbonyl (C=O) groups is 1. The Morgan fingerprint density at radius 3 is 2.68 bits per heavy atom. The van der Waals surface area contributed by atoms with Crippen molar-refractivity contribution in [3.05, 3.63) is 59.6 Å². The zero-order valence-corrected chi connectivity index (χ0v) is 13.8. The molecule has 0 saturated carbocycles. The molecule has 0 aliphatic heterocycles. The largest absolute Gasteiger partial charge is 0.496 e. The summed E-state index contributed by atoms with van der Waals surface area (Å²) in [7, 11) is 1.62. The molecule has 0 spiro atoms. The second kappa shape index (κ2) is 7.43. The molecule has 1 aromatic carbocycles. The molecule has 1 amide bonds. The number of carbonyl (C=O) groups excluding carboxylic acids is 1. The first-order valence-electron chi connectivity index (χ1n) is 7.58. The van der Waals surface area contributed by atoms with Crippen molar-refractivity contribution in [2.45, 2.75) is 13.5 Å². The number of amides is 1. The van der Waals surface area contributed by atoms with Crippen LogP contribution in [0.25, 0.3) is 0 Å². The van der Waals surface area contributed by atoms with E-state index in [2.05, 4.69) is 25.8 Å². The fourth-order valence-electron chi connectivity index (χ4n) is 2.17. The molecule has 128 valence electrons. The zero-order valence-electron chi connectivity index (χ0n) is 13.8. The maximum absolute atomic E-state index is 12.1. The second-order valence-electron chi connectivity index (χ2n) is 5.24. The van der Waals surface area contributed by atoms with E-state index >= 15 is 0 Å². The van der Waals surface area contributed by atoms with E-state index in [0.717, 1.165) is 11.3 Å². The van der Waals surface area contributed by atoms with Crippen LogP contribution in [-0.2, 0) is 6.54 Å². The predicted octanol–water partition coefficient (Wildman–Crippen LogP) is 2.65. The van der Waals surface area contributed by atoms with Crippen molar-refractivity contribution in [2.24, 2.45) is 0 Å². The lowest BCUT2D eigenvalue weighted by Gasteiger charge is -2.09. The lowest BCUT2D eigenvalue weighted by molar-refractivity contribution is 0.102. The molecule has 3 rings (SSSR count). The molecular formula is C17H17N5O3. The van der Waals surface area contributed by atoms with E-state index in [1.54, 1.807) is 20.1 Å². The van der Waals surface area contributed by atoms with Crippen LogP contribution in [0, 0.1) is 6.92 Å². The van der Waals surface area contributed by atoms with Crippen molar-refractivity contribution >= 4 is 17.7 Å². The molecule has 8 nitrogen and oxygen atoms in total. The predicted molar refractivity (Wildman–Crippen MR) is 91.5 cm³/mol. The summed E-state index contributed by atoms with van der Waals surface area (Å²) in [6.45, 7) is 2.25. The number of aromatic nitrogens is 3. The Labute approximate surface area is 144 Å². The summed E-state index contributed by atoms with van der Waals surface area (Å²) in [5, 5.41) is 9.41. The van der Waals surface area contributed by atoms with Crippen molar-refractivity contribution in [3.8, 4) is 5.75 Å². The third-order valence-corrected chi connectivity index (χ3v) is 3.41. The van der Waals surface area contributed by atoms with Gasteiger partial charge < -0.3 is 19.9 Å². The Morgan fingerprint density at radius 1 is 1.24 bits per heavy atom. The molecule has 0 radical (unpaired) electrons. The van der Waals surface area contributed by atoms with Crippen molar-refractivity contribution < 1.29 is 14.1 Å². The molecule has 25 heavy (non-hydrogen) atoms. The van der Waals surface area contributed by atoms with Crippen molar-refractivity contribution in [2.75, 3.05) is 17.7 Å². The van der Waals surface area contributed by atoms with Crippen LogP contribution < -0.4 is 15.4 Å². The van der Waals surface area contributed by atoms with E-state index in [1.807, 2.05) is 24.3 Å². The lowest BCUT2D eigenvalue weighted by atomic mass is 10.2. The average Bonchev–Trinajstić information content (AvgIpc) is 3.05. The molecule has 2 N–H and O–H groups in total. The Bertz CT molecular complexity index is 861. The lowest BCUT2D eigenvalue weighted by Crippen LogP contribution is -2.13. The van der Waals surface area contributed by atoms with Gasteiger partial charge in [0.05, 0.1) is 12.7 Å². The molecule has 0 bridgehead atoms. The Balaban J connectivity index is 1.61. The molecule has 0 aliphatic rings. The van der Waals surface area contributed by atoms with Crippen molar-refractivity contribution in [3.63, 3.8) is 0 Å². The van der Waals surface area contributed by atoms with Crippen LogP contribution in [0.4, 0.5) is 11.8 Å². The molecule has 0 saturated heterocycles. The molecule has 2 heterocycles. The summed E-state index contributed by atoms with van der Waals surface area (Å²) in [4.78, 5) is 20.4. The summed E-state index contributed by atoms with van der Waals surface area (Å²) >= 11 is 0. The van der Waals surface area contributed by atoms with Crippen LogP contribution in [0.2, 0.25) is 0 Å². The molecule has 3 aromatic rings. The number of nitrogens with zero attached hydrogens (tertiary/aromatic N) is 3. The standard InChI is InChI=1S/C17H17N5O3/c1-11-7-15(22-25-11)21-16(23)13-9-19-17(20-10-13)18-8-12-5-3-4-6-14(12)24-2/h3-7,9-10H,8H2,1-2H3,(H,18,19,20)(H,21,22,23). The minimum atomic E-state index is -0.357. The third kappa shape index (κ3) is 4.11. The number of aryl methyl sites for hydroxylation is 1. The summed E-state index contributed by atoms with van der Waals surface area (Å²) in [6.07, 6.45) is 2.89. The number of nitrogens with one attached hydrogen (secondary N) is 2. The van der Waals surface area contributed by atoms with Gasteiger partial charge in [-0.1, -0.05) is 23.4 Å². The van der Waals surface area contributed by atoms with Gasteiger partial charge in [-0.3, -0.25) is 4.79 Å². The van der Waals surface area contributed by atoms with Crippen LogP contribution in [0.1, 0.15) is 21.7 Å². The highest BCUT2D eigenvalue weighted by atomic mass is 16.5. The van der Waals surface area contributed by atoms with Gasteiger partial charge in [-0.15, -0.1) is 0 Å². The van der Waals surface area contributed by atoms with Gasteiger partial charge in [-0.25, -0.2) is 9.97 Å². The molecular weight excluding hydrogens is 322 g/mol. The summed E-state index contributed by atoms with van der Waals surface area (Å²) in [5.74, 6) is 1.81. The van der Waals surface area contributed by atoms with Crippen LogP contribution in [0.15, 0.2) is 47.2 Å². The first-order valence-corrected chi connectivity index (χ1v) is 7.58. The second-order valence-corrected chi connectivity index (χ2v) is 5.24. The minimum Gasteiger partial charge on any atom is -0.496 e. The van der Waals surface area contributed by atoms with Gasteiger partial charge in [0.25, 0.3) is 5.91 Å². The number of rotatable bonds is 6. The number of methoxy groups -OCH3 is 1. The normalized spacial score (nSPS) is 10.3. The maximum atomic E-state index is 12.1.